The summed E-state index contributed by atoms with van der Waals surface area (Å²) < 4.78 is 2.16. The molecule has 80 valence electrons. The zero-order valence-corrected chi connectivity index (χ0v) is 9.49. The Labute approximate surface area is 90.1 Å². The lowest BCUT2D eigenvalue weighted by atomic mass is 10.1. The van der Waals surface area contributed by atoms with Crippen LogP contribution in [-0.4, -0.2) is 16.6 Å². The van der Waals surface area contributed by atoms with Gasteiger partial charge in [-0.15, -0.1) is 0 Å². The Kier molecular flexibility index (Phi) is 2.73. The van der Waals surface area contributed by atoms with Crippen molar-refractivity contribution in [1.82, 2.24) is 14.9 Å². The van der Waals surface area contributed by atoms with Crippen LogP contribution in [0.4, 0.5) is 0 Å². The molecule has 0 radical (unpaired) electrons. The number of nitrogens with zero attached hydrogens (tertiary/aromatic N) is 2. The Bertz CT molecular complexity index is 459. The first-order valence-corrected chi connectivity index (χ1v) is 5.38. The summed E-state index contributed by atoms with van der Waals surface area (Å²) in [5.74, 6) is 0. The number of aryl methyl sites for hydroxylation is 1. The molecule has 2 rings (SSSR count). The maximum Gasteiger partial charge on any atom is 0.0958 e. The highest BCUT2D eigenvalue weighted by molar-refractivity contribution is 5.76. The molecule has 0 saturated heterocycles. The molecule has 0 fully saturated rings. The molecule has 0 bridgehead atoms. The van der Waals surface area contributed by atoms with Crippen molar-refractivity contribution in [2.45, 2.75) is 26.4 Å². The van der Waals surface area contributed by atoms with Crippen LogP contribution in [0.2, 0.25) is 0 Å². The predicted octanol–water partition coefficient (Wildman–Crippen LogP) is 2.34. The first-order chi connectivity index (χ1) is 7.26. The lowest BCUT2D eigenvalue weighted by Gasteiger charge is -2.10. The minimum Gasteiger partial charge on any atom is -0.331 e. The predicted molar refractivity (Wildman–Crippen MR) is 62.9 cm³/mol. The van der Waals surface area contributed by atoms with E-state index in [-0.39, 0.29) is 0 Å². The summed E-state index contributed by atoms with van der Waals surface area (Å²) in [6.45, 7) is 5.25. The van der Waals surface area contributed by atoms with Gasteiger partial charge in [0.15, 0.2) is 0 Å². The number of aromatic nitrogens is 2. The Morgan fingerprint density at radius 1 is 1.47 bits per heavy atom. The third kappa shape index (κ3) is 1.75. The van der Waals surface area contributed by atoms with Crippen LogP contribution in [0, 0.1) is 0 Å². The standard InChI is InChI=1S/C12H17N3/c1-4-15-8-14-11-7-10(9(2)13-3)5-6-12(11)15/h5-9,13H,4H2,1-3H3. The maximum atomic E-state index is 4.40. The molecule has 2 aromatic rings. The second-order valence-electron chi connectivity index (χ2n) is 3.79. The molecule has 3 nitrogen and oxygen atoms in total. The number of hydrogen-bond acceptors (Lipinski definition) is 2. The number of rotatable bonds is 3. The number of imidazole rings is 1. The van der Waals surface area contributed by atoms with E-state index in [1.807, 2.05) is 13.4 Å². The van der Waals surface area contributed by atoms with Crippen LogP contribution in [0.3, 0.4) is 0 Å². The Balaban J connectivity index is 2.48. The smallest absolute Gasteiger partial charge is 0.0958 e. The molecular weight excluding hydrogens is 186 g/mol. The van der Waals surface area contributed by atoms with E-state index in [9.17, 15) is 0 Å². The number of nitrogens with one attached hydrogen (secondary N) is 1. The van der Waals surface area contributed by atoms with Gasteiger partial charge in [0.25, 0.3) is 0 Å². The first-order valence-electron chi connectivity index (χ1n) is 5.38. The normalized spacial score (nSPS) is 13.3. The van der Waals surface area contributed by atoms with E-state index in [2.05, 4.69) is 46.9 Å². The minimum absolute atomic E-state index is 0.376. The molecule has 1 heterocycles. The molecular formula is C12H17N3. The summed E-state index contributed by atoms with van der Waals surface area (Å²) in [5, 5.41) is 3.23. The van der Waals surface area contributed by atoms with Gasteiger partial charge < -0.3 is 9.88 Å². The van der Waals surface area contributed by atoms with E-state index in [1.54, 1.807) is 0 Å². The van der Waals surface area contributed by atoms with Crippen molar-refractivity contribution in [3.63, 3.8) is 0 Å². The highest BCUT2D eigenvalue weighted by Crippen LogP contribution is 2.19. The topological polar surface area (TPSA) is 29.9 Å². The van der Waals surface area contributed by atoms with Crippen LogP contribution in [-0.2, 0) is 6.54 Å². The molecule has 0 aliphatic heterocycles. The third-order valence-electron chi connectivity index (χ3n) is 2.92. The molecule has 1 aromatic heterocycles. The van der Waals surface area contributed by atoms with Gasteiger partial charge in [-0.05, 0) is 38.6 Å². The largest absolute Gasteiger partial charge is 0.331 e. The van der Waals surface area contributed by atoms with Crippen molar-refractivity contribution in [1.29, 1.82) is 0 Å². The molecule has 1 atom stereocenters. The van der Waals surface area contributed by atoms with E-state index in [0.717, 1.165) is 12.1 Å². The summed E-state index contributed by atoms with van der Waals surface area (Å²) in [4.78, 5) is 4.40. The molecule has 1 N–H and O–H groups in total. The molecule has 0 spiro atoms. The van der Waals surface area contributed by atoms with Crippen molar-refractivity contribution >= 4 is 11.0 Å². The SMILES string of the molecule is CCn1cnc2cc(C(C)NC)ccc21. The van der Waals surface area contributed by atoms with Gasteiger partial charge >= 0.3 is 0 Å². The van der Waals surface area contributed by atoms with E-state index < -0.39 is 0 Å². The lowest BCUT2D eigenvalue weighted by Crippen LogP contribution is -2.11. The van der Waals surface area contributed by atoms with Gasteiger partial charge in [0, 0.05) is 12.6 Å². The number of hydrogen-bond donors (Lipinski definition) is 1. The Morgan fingerprint density at radius 2 is 2.27 bits per heavy atom. The van der Waals surface area contributed by atoms with Crippen LogP contribution in [0.25, 0.3) is 11.0 Å². The number of fused-ring (bicyclic) bond motifs is 1. The Hall–Kier alpha value is -1.35. The Morgan fingerprint density at radius 3 is 2.93 bits per heavy atom. The molecule has 15 heavy (non-hydrogen) atoms. The summed E-state index contributed by atoms with van der Waals surface area (Å²) in [5.41, 5.74) is 3.58. The number of benzene rings is 1. The van der Waals surface area contributed by atoms with E-state index in [4.69, 9.17) is 0 Å². The van der Waals surface area contributed by atoms with Gasteiger partial charge in [0.05, 0.1) is 17.4 Å². The summed E-state index contributed by atoms with van der Waals surface area (Å²) >= 11 is 0. The molecule has 1 aromatic carbocycles. The third-order valence-corrected chi connectivity index (χ3v) is 2.92. The van der Waals surface area contributed by atoms with Gasteiger partial charge in [-0.3, -0.25) is 0 Å². The van der Waals surface area contributed by atoms with Gasteiger partial charge in [0.1, 0.15) is 0 Å². The van der Waals surface area contributed by atoms with Gasteiger partial charge in [0.2, 0.25) is 0 Å². The van der Waals surface area contributed by atoms with E-state index in [0.29, 0.717) is 6.04 Å². The zero-order valence-electron chi connectivity index (χ0n) is 9.49. The van der Waals surface area contributed by atoms with Crippen LogP contribution < -0.4 is 5.32 Å². The van der Waals surface area contributed by atoms with Crippen molar-refractivity contribution < 1.29 is 0 Å². The molecule has 0 saturated carbocycles. The minimum atomic E-state index is 0.376. The molecule has 0 aliphatic rings. The molecule has 0 amide bonds. The van der Waals surface area contributed by atoms with Gasteiger partial charge in [-0.1, -0.05) is 6.07 Å². The lowest BCUT2D eigenvalue weighted by molar-refractivity contribution is 0.653. The fourth-order valence-electron chi connectivity index (χ4n) is 1.77. The van der Waals surface area contributed by atoms with Gasteiger partial charge in [-0.2, -0.15) is 0 Å². The quantitative estimate of drug-likeness (QED) is 0.829. The monoisotopic (exact) mass is 203 g/mol. The summed E-state index contributed by atoms with van der Waals surface area (Å²) in [6.07, 6.45) is 1.90. The van der Waals surface area contributed by atoms with E-state index in [1.165, 1.54) is 11.1 Å². The van der Waals surface area contributed by atoms with Crippen LogP contribution in [0.5, 0.6) is 0 Å². The van der Waals surface area contributed by atoms with Crippen LogP contribution in [0.1, 0.15) is 25.5 Å². The highest BCUT2D eigenvalue weighted by atomic mass is 15.0. The average molecular weight is 203 g/mol. The maximum absolute atomic E-state index is 4.40. The van der Waals surface area contributed by atoms with Crippen LogP contribution >= 0.6 is 0 Å². The van der Waals surface area contributed by atoms with Crippen molar-refractivity contribution in [3.05, 3.63) is 30.1 Å². The fraction of sp³-hybridized carbons (Fsp3) is 0.417. The molecule has 1 unspecified atom stereocenters. The first kappa shape index (κ1) is 10.2. The second-order valence-corrected chi connectivity index (χ2v) is 3.79. The van der Waals surface area contributed by atoms with Crippen molar-refractivity contribution in [3.8, 4) is 0 Å². The van der Waals surface area contributed by atoms with Crippen molar-refractivity contribution in [2.24, 2.45) is 0 Å². The zero-order chi connectivity index (χ0) is 10.8. The fourth-order valence-corrected chi connectivity index (χ4v) is 1.77. The van der Waals surface area contributed by atoms with Crippen LogP contribution in [0.15, 0.2) is 24.5 Å². The second kappa shape index (κ2) is 4.03. The summed E-state index contributed by atoms with van der Waals surface area (Å²) in [7, 11) is 1.97. The average Bonchev–Trinajstić information content (AvgIpc) is 2.69. The van der Waals surface area contributed by atoms with Crippen molar-refractivity contribution in [2.75, 3.05) is 7.05 Å². The van der Waals surface area contributed by atoms with Gasteiger partial charge in [-0.25, -0.2) is 4.98 Å². The highest BCUT2D eigenvalue weighted by Gasteiger charge is 2.06. The molecule has 3 heteroatoms. The molecule has 0 aliphatic carbocycles. The summed E-state index contributed by atoms with van der Waals surface area (Å²) in [6, 6.07) is 6.84. The van der Waals surface area contributed by atoms with E-state index >= 15 is 0 Å².